The Labute approximate surface area is 122 Å². The molecule has 2 aromatic carbocycles. The Kier molecular flexibility index (Phi) is 4.60. The van der Waals surface area contributed by atoms with E-state index in [1.807, 2.05) is 25.1 Å². The van der Waals surface area contributed by atoms with Crippen molar-refractivity contribution >= 4 is 11.6 Å². The monoisotopic (exact) mass is 294 g/mol. The lowest BCUT2D eigenvalue weighted by Crippen LogP contribution is -2.29. The number of hydrogen-bond donors (Lipinski definition) is 2. The molecule has 0 radical (unpaired) electrons. The molecule has 0 spiro atoms. The zero-order chi connectivity index (χ0) is 14.7. The molecule has 5 heteroatoms. The molecule has 0 aliphatic carbocycles. The minimum Gasteiger partial charge on any atom is -0.494 e. The zero-order valence-electron chi connectivity index (χ0n) is 11.3. The first-order chi connectivity index (χ1) is 9.58. The van der Waals surface area contributed by atoms with Crippen LogP contribution < -0.4 is 16.0 Å². The van der Waals surface area contributed by atoms with Crippen LogP contribution in [0.4, 0.5) is 4.39 Å². The summed E-state index contributed by atoms with van der Waals surface area (Å²) in [6.07, 6.45) is 0. The Morgan fingerprint density at radius 3 is 2.65 bits per heavy atom. The third-order valence-corrected chi connectivity index (χ3v) is 3.72. The van der Waals surface area contributed by atoms with Crippen LogP contribution in [0.3, 0.4) is 0 Å². The molecule has 1 unspecified atom stereocenters. The van der Waals surface area contributed by atoms with Crippen molar-refractivity contribution in [2.45, 2.75) is 13.0 Å². The summed E-state index contributed by atoms with van der Waals surface area (Å²) in [4.78, 5) is 0. The van der Waals surface area contributed by atoms with Crippen molar-refractivity contribution in [1.29, 1.82) is 0 Å². The number of hydrogen-bond acceptors (Lipinski definition) is 3. The molecule has 0 heterocycles. The Balaban J connectivity index is 2.47. The predicted octanol–water partition coefficient (Wildman–Crippen LogP) is 3.35. The second-order valence-electron chi connectivity index (χ2n) is 4.47. The Morgan fingerprint density at radius 2 is 2.05 bits per heavy atom. The van der Waals surface area contributed by atoms with Gasteiger partial charge in [-0.25, -0.2) is 9.82 Å². The molecule has 3 N–H and O–H groups in total. The Bertz CT molecular complexity index is 619. The zero-order valence-corrected chi connectivity index (χ0v) is 12.0. The molecular weight excluding hydrogens is 279 g/mol. The van der Waals surface area contributed by atoms with Crippen molar-refractivity contribution in [2.75, 3.05) is 7.11 Å². The van der Waals surface area contributed by atoms with E-state index in [0.717, 1.165) is 11.1 Å². The predicted molar refractivity (Wildman–Crippen MR) is 78.3 cm³/mol. The molecule has 3 nitrogen and oxygen atoms in total. The maximum Gasteiger partial charge on any atom is 0.165 e. The fourth-order valence-corrected chi connectivity index (χ4v) is 2.36. The first-order valence-electron chi connectivity index (χ1n) is 6.13. The minimum atomic E-state index is -0.436. The largest absolute Gasteiger partial charge is 0.494 e. The minimum absolute atomic E-state index is 0.194. The van der Waals surface area contributed by atoms with Gasteiger partial charge in [0.05, 0.1) is 13.2 Å². The van der Waals surface area contributed by atoms with Gasteiger partial charge < -0.3 is 4.74 Å². The van der Waals surface area contributed by atoms with Crippen LogP contribution >= 0.6 is 11.6 Å². The molecule has 2 aromatic rings. The van der Waals surface area contributed by atoms with Gasteiger partial charge in [-0.05, 0) is 35.7 Å². The van der Waals surface area contributed by atoms with Gasteiger partial charge in [-0.2, -0.15) is 0 Å². The maximum atomic E-state index is 13.8. The van der Waals surface area contributed by atoms with Crippen LogP contribution in [0.25, 0.3) is 0 Å². The lowest BCUT2D eigenvalue weighted by atomic mass is 9.97. The molecule has 0 aromatic heterocycles. The molecule has 0 fully saturated rings. The summed E-state index contributed by atoms with van der Waals surface area (Å²) < 4.78 is 18.7. The van der Waals surface area contributed by atoms with E-state index < -0.39 is 5.82 Å². The SMILES string of the molecule is COc1ccc(C(NN)c2cccc(C)c2Cl)cc1F. The highest BCUT2D eigenvalue weighted by atomic mass is 35.5. The van der Waals surface area contributed by atoms with Gasteiger partial charge in [0.25, 0.3) is 0 Å². The van der Waals surface area contributed by atoms with Gasteiger partial charge in [0, 0.05) is 5.02 Å². The highest BCUT2D eigenvalue weighted by molar-refractivity contribution is 6.32. The second kappa shape index (κ2) is 6.22. The fraction of sp³-hybridized carbons (Fsp3) is 0.200. The van der Waals surface area contributed by atoms with Crippen LogP contribution in [-0.4, -0.2) is 7.11 Å². The smallest absolute Gasteiger partial charge is 0.165 e. The first kappa shape index (κ1) is 14.8. The summed E-state index contributed by atoms with van der Waals surface area (Å²) >= 11 is 6.30. The number of rotatable bonds is 4. The van der Waals surface area contributed by atoms with E-state index in [2.05, 4.69) is 5.43 Å². The summed E-state index contributed by atoms with van der Waals surface area (Å²) in [6, 6.07) is 9.99. The van der Waals surface area contributed by atoms with E-state index >= 15 is 0 Å². The summed E-state index contributed by atoms with van der Waals surface area (Å²) in [7, 11) is 1.42. The van der Waals surface area contributed by atoms with Gasteiger partial charge in [-0.15, -0.1) is 0 Å². The number of benzene rings is 2. The molecule has 0 bridgehead atoms. The average molecular weight is 295 g/mol. The van der Waals surface area contributed by atoms with Crippen molar-refractivity contribution < 1.29 is 9.13 Å². The van der Waals surface area contributed by atoms with Gasteiger partial charge in [-0.1, -0.05) is 35.9 Å². The molecule has 0 aliphatic rings. The van der Waals surface area contributed by atoms with Crippen LogP contribution in [0.1, 0.15) is 22.7 Å². The van der Waals surface area contributed by atoms with Crippen LogP contribution in [-0.2, 0) is 0 Å². The van der Waals surface area contributed by atoms with Gasteiger partial charge in [0.2, 0.25) is 0 Å². The van der Waals surface area contributed by atoms with Crippen LogP contribution in [0.5, 0.6) is 5.75 Å². The number of halogens is 2. The van der Waals surface area contributed by atoms with E-state index in [9.17, 15) is 4.39 Å². The topological polar surface area (TPSA) is 47.3 Å². The van der Waals surface area contributed by atoms with Crippen LogP contribution in [0.2, 0.25) is 5.02 Å². The quantitative estimate of drug-likeness (QED) is 0.671. The lowest BCUT2D eigenvalue weighted by Gasteiger charge is -2.19. The highest BCUT2D eigenvalue weighted by Crippen LogP contribution is 2.31. The van der Waals surface area contributed by atoms with Crippen molar-refractivity contribution in [3.63, 3.8) is 0 Å². The number of nitrogens with two attached hydrogens (primary N) is 1. The summed E-state index contributed by atoms with van der Waals surface area (Å²) in [5.74, 6) is 5.37. The molecular formula is C15H16ClFN2O. The second-order valence-corrected chi connectivity index (χ2v) is 4.85. The van der Waals surface area contributed by atoms with E-state index in [0.29, 0.717) is 10.6 Å². The summed E-state index contributed by atoms with van der Waals surface area (Å²) in [5, 5.41) is 0.617. The van der Waals surface area contributed by atoms with Crippen molar-refractivity contribution in [3.8, 4) is 5.75 Å². The third-order valence-electron chi connectivity index (χ3n) is 3.21. The van der Waals surface area contributed by atoms with Gasteiger partial charge in [0.1, 0.15) is 0 Å². The van der Waals surface area contributed by atoms with E-state index in [1.165, 1.54) is 13.2 Å². The van der Waals surface area contributed by atoms with Crippen molar-refractivity contribution in [2.24, 2.45) is 5.84 Å². The molecule has 106 valence electrons. The van der Waals surface area contributed by atoms with Crippen molar-refractivity contribution in [3.05, 3.63) is 63.9 Å². The van der Waals surface area contributed by atoms with Gasteiger partial charge in [0.15, 0.2) is 11.6 Å². The normalized spacial score (nSPS) is 12.2. The molecule has 0 saturated carbocycles. The molecule has 0 aliphatic heterocycles. The molecule has 20 heavy (non-hydrogen) atoms. The summed E-state index contributed by atoms with van der Waals surface area (Å²) in [5.41, 5.74) is 5.10. The van der Waals surface area contributed by atoms with Crippen molar-refractivity contribution in [1.82, 2.24) is 5.43 Å². The fourth-order valence-electron chi connectivity index (χ4n) is 2.12. The number of hydrazine groups is 1. The Morgan fingerprint density at radius 1 is 1.30 bits per heavy atom. The lowest BCUT2D eigenvalue weighted by molar-refractivity contribution is 0.385. The van der Waals surface area contributed by atoms with E-state index in [-0.39, 0.29) is 11.8 Å². The standard InChI is InChI=1S/C15H16ClFN2O/c1-9-4-3-5-11(14(9)16)15(19-18)10-6-7-13(20-2)12(17)8-10/h3-8,15,19H,18H2,1-2H3. The van der Waals surface area contributed by atoms with E-state index in [1.54, 1.807) is 12.1 Å². The van der Waals surface area contributed by atoms with Gasteiger partial charge >= 0.3 is 0 Å². The molecule has 0 amide bonds. The maximum absolute atomic E-state index is 13.8. The third kappa shape index (κ3) is 2.77. The highest BCUT2D eigenvalue weighted by Gasteiger charge is 2.18. The first-order valence-corrected chi connectivity index (χ1v) is 6.51. The molecule has 2 rings (SSSR count). The number of methoxy groups -OCH3 is 1. The van der Waals surface area contributed by atoms with Crippen LogP contribution in [0, 0.1) is 12.7 Å². The number of ether oxygens (including phenoxy) is 1. The van der Waals surface area contributed by atoms with Crippen LogP contribution in [0.15, 0.2) is 36.4 Å². The molecule has 1 atom stereocenters. The Hall–Kier alpha value is -1.62. The van der Waals surface area contributed by atoms with E-state index in [4.69, 9.17) is 22.2 Å². The molecule has 0 saturated heterocycles. The summed E-state index contributed by atoms with van der Waals surface area (Å²) in [6.45, 7) is 1.91. The average Bonchev–Trinajstić information content (AvgIpc) is 2.44. The van der Waals surface area contributed by atoms with Gasteiger partial charge in [-0.3, -0.25) is 5.84 Å². The number of nitrogens with one attached hydrogen (secondary N) is 1. The number of aryl methyl sites for hydroxylation is 1.